The Kier molecular flexibility index (Phi) is 3.84. The normalized spacial score (nSPS) is 26.9. The molecule has 2 saturated heterocycles. The smallest absolute Gasteiger partial charge is 0.128 e. The van der Waals surface area contributed by atoms with Gasteiger partial charge < -0.3 is 20.3 Å². The number of hydrogen-bond donors (Lipinski definition) is 2. The van der Waals surface area contributed by atoms with E-state index in [0.29, 0.717) is 12.1 Å². The van der Waals surface area contributed by atoms with E-state index in [1.54, 1.807) is 0 Å². The standard InChI is InChI=1S/C14H22N4O/c1-15-11-3-6-18(9-11)13-2-5-16-14(8-13)17-12-4-7-19-10-12/h2,5,8,11-12,15H,3-4,6-7,9-10H2,1H3,(H,16,17)/t11-,12-/m1/s1. The lowest BCUT2D eigenvalue weighted by atomic mass is 10.2. The Morgan fingerprint density at radius 3 is 3.05 bits per heavy atom. The number of nitrogens with zero attached hydrogens (tertiary/aromatic N) is 2. The van der Waals surface area contributed by atoms with E-state index in [1.807, 2.05) is 13.2 Å². The molecule has 2 fully saturated rings. The SMILES string of the molecule is CN[C@@H]1CCN(c2ccnc(N[C@@H]3CCOC3)c2)C1. The molecule has 5 heteroatoms. The molecule has 3 rings (SSSR count). The van der Waals surface area contributed by atoms with Crippen molar-refractivity contribution >= 4 is 11.5 Å². The number of nitrogens with one attached hydrogen (secondary N) is 2. The van der Waals surface area contributed by atoms with Crippen LogP contribution in [0.15, 0.2) is 18.3 Å². The lowest BCUT2D eigenvalue weighted by Crippen LogP contribution is -2.29. The van der Waals surface area contributed by atoms with Gasteiger partial charge in [0.15, 0.2) is 0 Å². The molecule has 0 amide bonds. The van der Waals surface area contributed by atoms with E-state index in [9.17, 15) is 0 Å². The molecule has 2 aliphatic heterocycles. The summed E-state index contributed by atoms with van der Waals surface area (Å²) in [7, 11) is 2.04. The molecular weight excluding hydrogens is 240 g/mol. The Morgan fingerprint density at radius 1 is 1.37 bits per heavy atom. The third-order valence-electron chi connectivity index (χ3n) is 3.99. The zero-order valence-corrected chi connectivity index (χ0v) is 11.4. The molecule has 2 N–H and O–H groups in total. The fourth-order valence-electron chi connectivity index (χ4n) is 2.78. The predicted molar refractivity (Wildman–Crippen MR) is 76.8 cm³/mol. The Balaban J connectivity index is 1.65. The van der Waals surface area contributed by atoms with Gasteiger partial charge >= 0.3 is 0 Å². The summed E-state index contributed by atoms with van der Waals surface area (Å²) in [5.74, 6) is 0.959. The van der Waals surface area contributed by atoms with Crippen LogP contribution in [0.1, 0.15) is 12.8 Å². The number of pyridine rings is 1. The number of ether oxygens (including phenoxy) is 1. The second-order valence-corrected chi connectivity index (χ2v) is 5.32. The zero-order valence-electron chi connectivity index (χ0n) is 11.4. The molecule has 1 aromatic heterocycles. The molecule has 19 heavy (non-hydrogen) atoms. The predicted octanol–water partition coefficient (Wildman–Crippen LogP) is 1.08. The molecule has 0 spiro atoms. The fourth-order valence-corrected chi connectivity index (χ4v) is 2.78. The summed E-state index contributed by atoms with van der Waals surface area (Å²) in [5.41, 5.74) is 1.26. The van der Waals surface area contributed by atoms with E-state index in [1.165, 1.54) is 12.1 Å². The maximum absolute atomic E-state index is 5.38. The van der Waals surface area contributed by atoms with Crippen molar-refractivity contribution in [2.45, 2.75) is 24.9 Å². The first-order chi connectivity index (χ1) is 9.35. The number of anilines is 2. The molecule has 0 bridgehead atoms. The Labute approximate surface area is 114 Å². The summed E-state index contributed by atoms with van der Waals surface area (Å²) in [6.45, 7) is 3.83. The van der Waals surface area contributed by atoms with Gasteiger partial charge in [-0.1, -0.05) is 0 Å². The zero-order chi connectivity index (χ0) is 13.1. The molecule has 1 aromatic rings. The molecular formula is C14H22N4O. The summed E-state index contributed by atoms with van der Waals surface area (Å²) in [4.78, 5) is 6.82. The molecule has 0 radical (unpaired) electrons. The summed E-state index contributed by atoms with van der Waals surface area (Å²) < 4.78 is 5.38. The minimum atomic E-state index is 0.409. The van der Waals surface area contributed by atoms with Gasteiger partial charge in [0, 0.05) is 43.7 Å². The Morgan fingerprint density at radius 2 is 2.32 bits per heavy atom. The van der Waals surface area contributed by atoms with Gasteiger partial charge in [-0.3, -0.25) is 0 Å². The van der Waals surface area contributed by atoms with Crippen LogP contribution in [0.2, 0.25) is 0 Å². The second kappa shape index (κ2) is 5.75. The number of aromatic nitrogens is 1. The van der Waals surface area contributed by atoms with Crippen LogP contribution in [-0.4, -0.2) is 50.4 Å². The average Bonchev–Trinajstić information content (AvgIpc) is 3.09. The highest BCUT2D eigenvalue weighted by Crippen LogP contribution is 2.23. The third-order valence-corrected chi connectivity index (χ3v) is 3.99. The van der Waals surface area contributed by atoms with Gasteiger partial charge in [-0.05, 0) is 26.0 Å². The van der Waals surface area contributed by atoms with Crippen molar-refractivity contribution in [1.82, 2.24) is 10.3 Å². The number of hydrogen-bond acceptors (Lipinski definition) is 5. The molecule has 2 atom stereocenters. The van der Waals surface area contributed by atoms with E-state index in [2.05, 4.69) is 32.7 Å². The van der Waals surface area contributed by atoms with Crippen molar-refractivity contribution in [3.05, 3.63) is 18.3 Å². The average molecular weight is 262 g/mol. The molecule has 5 nitrogen and oxygen atoms in total. The van der Waals surface area contributed by atoms with Gasteiger partial charge in [-0.2, -0.15) is 0 Å². The third kappa shape index (κ3) is 2.98. The minimum Gasteiger partial charge on any atom is -0.379 e. The first-order valence-electron chi connectivity index (χ1n) is 7.07. The minimum absolute atomic E-state index is 0.409. The Hall–Kier alpha value is -1.33. The van der Waals surface area contributed by atoms with Gasteiger partial charge in [0.2, 0.25) is 0 Å². The van der Waals surface area contributed by atoms with Crippen molar-refractivity contribution in [2.24, 2.45) is 0 Å². The maximum Gasteiger partial charge on any atom is 0.128 e. The number of likely N-dealkylation sites (N-methyl/N-ethyl adjacent to an activating group) is 1. The highest BCUT2D eigenvalue weighted by atomic mass is 16.5. The van der Waals surface area contributed by atoms with E-state index in [4.69, 9.17) is 4.74 Å². The molecule has 0 saturated carbocycles. The monoisotopic (exact) mass is 262 g/mol. The van der Waals surface area contributed by atoms with Gasteiger partial charge in [0.1, 0.15) is 5.82 Å². The molecule has 0 aliphatic carbocycles. The summed E-state index contributed by atoms with van der Waals surface area (Å²) >= 11 is 0. The first kappa shape index (κ1) is 12.7. The fraction of sp³-hybridized carbons (Fsp3) is 0.643. The topological polar surface area (TPSA) is 49.4 Å². The molecule has 104 valence electrons. The van der Waals surface area contributed by atoms with Crippen molar-refractivity contribution in [3.8, 4) is 0 Å². The van der Waals surface area contributed by atoms with Crippen molar-refractivity contribution in [1.29, 1.82) is 0 Å². The van der Waals surface area contributed by atoms with Crippen LogP contribution in [0, 0.1) is 0 Å². The quantitative estimate of drug-likeness (QED) is 0.850. The summed E-state index contributed by atoms with van der Waals surface area (Å²) in [6, 6.07) is 5.25. The molecule has 2 aliphatic rings. The van der Waals surface area contributed by atoms with Gasteiger partial charge in [0.25, 0.3) is 0 Å². The van der Waals surface area contributed by atoms with Gasteiger partial charge in [-0.25, -0.2) is 4.98 Å². The largest absolute Gasteiger partial charge is 0.379 e. The Bertz CT molecular complexity index is 420. The van der Waals surface area contributed by atoms with Crippen molar-refractivity contribution in [2.75, 3.05) is 43.6 Å². The van der Waals surface area contributed by atoms with Gasteiger partial charge in [0.05, 0.1) is 12.6 Å². The van der Waals surface area contributed by atoms with Gasteiger partial charge in [-0.15, -0.1) is 0 Å². The lowest BCUT2D eigenvalue weighted by molar-refractivity contribution is 0.195. The molecule has 3 heterocycles. The molecule has 0 unspecified atom stereocenters. The summed E-state index contributed by atoms with van der Waals surface area (Å²) in [5, 5.41) is 6.80. The van der Waals surface area contributed by atoms with E-state index < -0.39 is 0 Å². The van der Waals surface area contributed by atoms with Crippen LogP contribution >= 0.6 is 0 Å². The van der Waals surface area contributed by atoms with E-state index in [0.717, 1.165) is 38.5 Å². The lowest BCUT2D eigenvalue weighted by Gasteiger charge is -2.20. The first-order valence-corrected chi connectivity index (χ1v) is 7.07. The van der Waals surface area contributed by atoms with Crippen LogP contribution in [0.25, 0.3) is 0 Å². The van der Waals surface area contributed by atoms with E-state index >= 15 is 0 Å². The van der Waals surface area contributed by atoms with Crippen molar-refractivity contribution in [3.63, 3.8) is 0 Å². The van der Waals surface area contributed by atoms with Crippen molar-refractivity contribution < 1.29 is 4.74 Å². The molecule has 0 aromatic carbocycles. The maximum atomic E-state index is 5.38. The van der Waals surface area contributed by atoms with Crippen LogP contribution in [0.3, 0.4) is 0 Å². The van der Waals surface area contributed by atoms with Crippen LogP contribution in [0.4, 0.5) is 11.5 Å². The van der Waals surface area contributed by atoms with Crippen LogP contribution in [0.5, 0.6) is 0 Å². The second-order valence-electron chi connectivity index (χ2n) is 5.32. The van der Waals surface area contributed by atoms with Crippen LogP contribution in [-0.2, 0) is 4.74 Å². The summed E-state index contributed by atoms with van der Waals surface area (Å²) in [6.07, 6.45) is 4.16. The number of rotatable bonds is 4. The van der Waals surface area contributed by atoms with Crippen LogP contribution < -0.4 is 15.5 Å². The highest BCUT2D eigenvalue weighted by molar-refractivity contribution is 5.55. The van der Waals surface area contributed by atoms with E-state index in [-0.39, 0.29) is 0 Å². The highest BCUT2D eigenvalue weighted by Gasteiger charge is 2.22.